The van der Waals surface area contributed by atoms with E-state index in [1.165, 1.54) is 127 Å². The molecule has 1 aromatic carbocycles. The zero-order valence-electron chi connectivity index (χ0n) is 21.6. The molecule has 0 aliphatic carbocycles. The molecule has 0 bridgehead atoms. The summed E-state index contributed by atoms with van der Waals surface area (Å²) in [6.45, 7) is 2.28. The number of anilines is 1. The molecule has 0 radical (unpaired) electrons. The van der Waals surface area contributed by atoms with Crippen molar-refractivity contribution >= 4 is 17.6 Å². The fraction of sp³-hybridized carbons (Fsp3) is 0.724. The third-order valence-corrected chi connectivity index (χ3v) is 6.52. The normalized spacial score (nSPS) is 11.0. The minimum absolute atomic E-state index is 0.102. The summed E-state index contributed by atoms with van der Waals surface area (Å²) < 4.78 is 0. The summed E-state index contributed by atoms with van der Waals surface area (Å²) in [6, 6.07) is 4.07. The lowest BCUT2D eigenvalue weighted by Gasteiger charge is -2.07. The molecule has 1 amide bonds. The highest BCUT2D eigenvalue weighted by molar-refractivity contribution is 5.94. The van der Waals surface area contributed by atoms with Gasteiger partial charge in [0, 0.05) is 18.2 Å². The predicted octanol–water partition coefficient (Wildman–Crippen LogP) is 8.85. The maximum absolute atomic E-state index is 12.0. The molecule has 1 aromatic rings. The number of nitrogens with one attached hydrogen (secondary N) is 1. The van der Waals surface area contributed by atoms with Crippen molar-refractivity contribution in [3.8, 4) is 5.75 Å². The summed E-state index contributed by atoms with van der Waals surface area (Å²) in [7, 11) is 0. The molecule has 194 valence electrons. The van der Waals surface area contributed by atoms with E-state index in [9.17, 15) is 14.7 Å². The smallest absolute Gasteiger partial charge is 0.339 e. The quantitative estimate of drug-likeness (QED) is 0.146. The molecule has 0 saturated carbocycles. The van der Waals surface area contributed by atoms with Gasteiger partial charge in [-0.3, -0.25) is 4.79 Å². The Hall–Kier alpha value is -2.04. The molecule has 0 aliphatic rings. The third-order valence-electron chi connectivity index (χ3n) is 6.52. The highest BCUT2D eigenvalue weighted by atomic mass is 16.4. The molecule has 0 aromatic heterocycles. The van der Waals surface area contributed by atoms with E-state index in [0.29, 0.717) is 12.1 Å². The number of carbonyl (C=O) groups excluding carboxylic acids is 1. The number of amides is 1. The van der Waals surface area contributed by atoms with E-state index in [2.05, 4.69) is 12.2 Å². The number of hydrogen-bond acceptors (Lipinski definition) is 3. The summed E-state index contributed by atoms with van der Waals surface area (Å²) in [5.74, 6) is -1.63. The number of unbranched alkanes of at least 4 members (excludes halogenated alkanes) is 18. The number of carbonyl (C=O) groups is 2. The van der Waals surface area contributed by atoms with Gasteiger partial charge in [-0.15, -0.1) is 0 Å². The number of aromatic hydroxyl groups is 1. The molecular formula is C29H49NO4. The SMILES string of the molecule is CCCCCCCCCCCCCCCCCCCCCC(=O)Nc1ccc(C(=O)O)c(O)c1. The second-order valence-electron chi connectivity index (χ2n) is 9.70. The molecule has 0 aliphatic heterocycles. The zero-order valence-corrected chi connectivity index (χ0v) is 21.6. The number of hydrogen-bond donors (Lipinski definition) is 3. The number of aromatic carboxylic acids is 1. The molecule has 1 rings (SSSR count). The van der Waals surface area contributed by atoms with Gasteiger partial charge in [0.15, 0.2) is 0 Å². The van der Waals surface area contributed by atoms with Gasteiger partial charge in [0.05, 0.1) is 0 Å². The van der Waals surface area contributed by atoms with E-state index in [1.54, 1.807) is 0 Å². The van der Waals surface area contributed by atoms with Crippen molar-refractivity contribution in [3.63, 3.8) is 0 Å². The monoisotopic (exact) mass is 475 g/mol. The second-order valence-corrected chi connectivity index (χ2v) is 9.70. The maximum atomic E-state index is 12.0. The standard InChI is InChI=1S/C29H49NO4/c1-2-3-4-5-6-7-8-9-10-11-12-13-14-15-16-17-18-19-20-21-28(32)30-25-22-23-26(29(33)34)27(31)24-25/h22-24,31H,2-21H2,1H3,(H,30,32)(H,33,34). The number of phenols is 1. The van der Waals surface area contributed by atoms with Crippen LogP contribution in [0.5, 0.6) is 5.75 Å². The summed E-state index contributed by atoms with van der Waals surface area (Å²) >= 11 is 0. The van der Waals surface area contributed by atoms with E-state index < -0.39 is 5.97 Å². The van der Waals surface area contributed by atoms with Crippen LogP contribution >= 0.6 is 0 Å². The Morgan fingerprint density at radius 1 is 0.676 bits per heavy atom. The van der Waals surface area contributed by atoms with Gasteiger partial charge < -0.3 is 15.5 Å². The summed E-state index contributed by atoms with van der Waals surface area (Å²) in [5.41, 5.74) is 0.252. The number of benzene rings is 1. The molecule has 0 fully saturated rings. The van der Waals surface area contributed by atoms with Gasteiger partial charge in [-0.2, -0.15) is 0 Å². The molecule has 5 heteroatoms. The van der Waals surface area contributed by atoms with E-state index in [-0.39, 0.29) is 17.2 Å². The highest BCUT2D eigenvalue weighted by Gasteiger charge is 2.10. The van der Waals surface area contributed by atoms with Crippen LogP contribution in [0.2, 0.25) is 0 Å². The first-order valence-corrected chi connectivity index (χ1v) is 13.9. The Bertz CT molecular complexity index is 674. The van der Waals surface area contributed by atoms with Crippen LogP contribution in [0.4, 0.5) is 5.69 Å². The number of carboxylic acids is 1. The van der Waals surface area contributed by atoms with Gasteiger partial charge in [0.2, 0.25) is 5.91 Å². The molecule has 3 N–H and O–H groups in total. The van der Waals surface area contributed by atoms with Gasteiger partial charge in [0.25, 0.3) is 0 Å². The van der Waals surface area contributed by atoms with Crippen molar-refractivity contribution in [2.24, 2.45) is 0 Å². The first-order chi connectivity index (χ1) is 16.5. The fourth-order valence-electron chi connectivity index (χ4n) is 4.38. The molecule has 0 spiro atoms. The molecule has 0 heterocycles. The molecule has 0 saturated heterocycles. The van der Waals surface area contributed by atoms with Crippen molar-refractivity contribution in [1.82, 2.24) is 0 Å². The van der Waals surface area contributed by atoms with Crippen LogP contribution in [0.1, 0.15) is 146 Å². The van der Waals surface area contributed by atoms with E-state index >= 15 is 0 Å². The summed E-state index contributed by atoms with van der Waals surface area (Å²) in [6.07, 6.45) is 25.6. The van der Waals surface area contributed by atoms with Crippen molar-refractivity contribution < 1.29 is 19.8 Å². The first-order valence-electron chi connectivity index (χ1n) is 13.9. The Labute approximate surface area is 207 Å². The Kier molecular flexibility index (Phi) is 17.9. The summed E-state index contributed by atoms with van der Waals surface area (Å²) in [4.78, 5) is 22.9. The van der Waals surface area contributed by atoms with Gasteiger partial charge in [-0.05, 0) is 18.6 Å². The van der Waals surface area contributed by atoms with Crippen LogP contribution in [-0.2, 0) is 4.79 Å². The van der Waals surface area contributed by atoms with Crippen LogP contribution in [0.25, 0.3) is 0 Å². The van der Waals surface area contributed by atoms with Crippen LogP contribution in [0, 0.1) is 0 Å². The molecular weight excluding hydrogens is 426 g/mol. The van der Waals surface area contributed by atoms with E-state index in [4.69, 9.17) is 5.11 Å². The highest BCUT2D eigenvalue weighted by Crippen LogP contribution is 2.22. The van der Waals surface area contributed by atoms with E-state index in [1.807, 2.05) is 0 Å². The molecule has 0 atom stereocenters. The van der Waals surface area contributed by atoms with Crippen molar-refractivity contribution in [2.45, 2.75) is 135 Å². The van der Waals surface area contributed by atoms with Crippen LogP contribution < -0.4 is 5.32 Å². The topological polar surface area (TPSA) is 86.6 Å². The van der Waals surface area contributed by atoms with E-state index in [0.717, 1.165) is 12.8 Å². The van der Waals surface area contributed by atoms with Crippen LogP contribution in [0.3, 0.4) is 0 Å². The predicted molar refractivity (Wildman–Crippen MR) is 142 cm³/mol. The average molecular weight is 476 g/mol. The van der Waals surface area contributed by atoms with Gasteiger partial charge in [-0.25, -0.2) is 4.79 Å². The minimum Gasteiger partial charge on any atom is -0.507 e. The first kappa shape index (κ1) is 30.0. The molecule has 5 nitrogen and oxygen atoms in total. The Morgan fingerprint density at radius 3 is 1.47 bits per heavy atom. The van der Waals surface area contributed by atoms with Crippen molar-refractivity contribution in [3.05, 3.63) is 23.8 Å². The molecule has 34 heavy (non-hydrogen) atoms. The lowest BCUT2D eigenvalue weighted by Crippen LogP contribution is -2.11. The Morgan fingerprint density at radius 2 is 1.09 bits per heavy atom. The van der Waals surface area contributed by atoms with Crippen molar-refractivity contribution in [2.75, 3.05) is 5.32 Å². The summed E-state index contributed by atoms with van der Waals surface area (Å²) in [5, 5.41) is 21.3. The minimum atomic E-state index is -1.19. The zero-order chi connectivity index (χ0) is 24.9. The number of carboxylic acid groups (broad SMARTS) is 1. The Balaban J connectivity index is 1.85. The van der Waals surface area contributed by atoms with Gasteiger partial charge >= 0.3 is 5.97 Å². The van der Waals surface area contributed by atoms with Crippen LogP contribution in [0.15, 0.2) is 18.2 Å². The largest absolute Gasteiger partial charge is 0.507 e. The molecule has 0 unspecified atom stereocenters. The van der Waals surface area contributed by atoms with Crippen LogP contribution in [-0.4, -0.2) is 22.1 Å². The lowest BCUT2D eigenvalue weighted by molar-refractivity contribution is -0.116. The fourth-order valence-corrected chi connectivity index (χ4v) is 4.38. The third kappa shape index (κ3) is 15.7. The second kappa shape index (κ2) is 20.3. The average Bonchev–Trinajstić information content (AvgIpc) is 2.80. The maximum Gasteiger partial charge on any atom is 0.339 e. The lowest BCUT2D eigenvalue weighted by atomic mass is 10.0. The van der Waals surface area contributed by atoms with Gasteiger partial charge in [0.1, 0.15) is 11.3 Å². The van der Waals surface area contributed by atoms with Crippen molar-refractivity contribution in [1.29, 1.82) is 0 Å². The van der Waals surface area contributed by atoms with Gasteiger partial charge in [-0.1, -0.05) is 122 Å². The number of rotatable bonds is 22.